The van der Waals surface area contributed by atoms with E-state index in [-0.39, 0.29) is 11.8 Å². The summed E-state index contributed by atoms with van der Waals surface area (Å²) in [7, 11) is 1.79. The van der Waals surface area contributed by atoms with Gasteiger partial charge in [0.25, 0.3) is 11.8 Å². The molecule has 0 unspecified atom stereocenters. The van der Waals surface area contributed by atoms with Gasteiger partial charge in [0, 0.05) is 26.2 Å². The van der Waals surface area contributed by atoms with Gasteiger partial charge in [0.1, 0.15) is 0 Å². The van der Waals surface area contributed by atoms with Crippen molar-refractivity contribution in [1.82, 2.24) is 15.5 Å². The fraction of sp³-hybridized carbons (Fsp3) is 0.571. The van der Waals surface area contributed by atoms with E-state index in [4.69, 9.17) is 0 Å². The van der Waals surface area contributed by atoms with Crippen molar-refractivity contribution in [2.24, 2.45) is 10.9 Å². The number of nitrogens with one attached hydrogen (secondary N) is 2. The van der Waals surface area contributed by atoms with Crippen LogP contribution in [0.5, 0.6) is 0 Å². The Morgan fingerprint density at radius 1 is 1.07 bits per heavy atom. The highest BCUT2D eigenvalue weighted by Gasteiger charge is 2.34. The number of amides is 2. The van der Waals surface area contributed by atoms with E-state index in [0.29, 0.717) is 23.7 Å². The molecule has 0 aromatic heterocycles. The monoisotopic (exact) mass is 370 g/mol. The molecule has 2 N–H and O–H groups in total. The number of rotatable bonds is 6. The lowest BCUT2D eigenvalue weighted by atomic mass is 9.87. The van der Waals surface area contributed by atoms with E-state index in [9.17, 15) is 9.59 Å². The molecule has 1 aromatic carbocycles. The van der Waals surface area contributed by atoms with Crippen molar-refractivity contribution in [3.63, 3.8) is 0 Å². The SMILES string of the molecule is CN=C(NCCCCN1C(=O)c2ccccc2C1=O)NC1CCC(C)CC1. The molecule has 6 nitrogen and oxygen atoms in total. The van der Waals surface area contributed by atoms with E-state index in [1.54, 1.807) is 31.3 Å². The van der Waals surface area contributed by atoms with Gasteiger partial charge in [-0.15, -0.1) is 0 Å². The lowest BCUT2D eigenvalue weighted by molar-refractivity contribution is 0.0652. The number of carbonyl (C=O) groups excluding carboxylic acids is 2. The number of imide groups is 1. The minimum Gasteiger partial charge on any atom is -0.356 e. The molecule has 0 atom stereocenters. The first-order valence-electron chi connectivity index (χ1n) is 10.0. The molecule has 2 amide bonds. The Hall–Kier alpha value is -2.37. The Balaban J connectivity index is 1.37. The number of nitrogens with zero attached hydrogens (tertiary/aromatic N) is 2. The van der Waals surface area contributed by atoms with Crippen molar-refractivity contribution in [2.75, 3.05) is 20.1 Å². The molecule has 0 saturated heterocycles. The predicted molar refractivity (Wildman–Crippen MR) is 107 cm³/mol. The van der Waals surface area contributed by atoms with Crippen molar-refractivity contribution < 1.29 is 9.59 Å². The number of fused-ring (bicyclic) bond motifs is 1. The molecular weight excluding hydrogens is 340 g/mol. The molecule has 1 aromatic rings. The first-order valence-corrected chi connectivity index (χ1v) is 10.0. The molecule has 1 fully saturated rings. The van der Waals surface area contributed by atoms with Crippen LogP contribution in [0.4, 0.5) is 0 Å². The second-order valence-electron chi connectivity index (χ2n) is 7.61. The summed E-state index contributed by atoms with van der Waals surface area (Å²) in [6.45, 7) is 3.55. The van der Waals surface area contributed by atoms with Crippen LogP contribution in [0.1, 0.15) is 66.2 Å². The van der Waals surface area contributed by atoms with Crippen LogP contribution in [-0.4, -0.2) is 48.9 Å². The summed E-state index contributed by atoms with van der Waals surface area (Å²) in [5, 5.41) is 6.85. The summed E-state index contributed by atoms with van der Waals surface area (Å²) in [4.78, 5) is 30.3. The second-order valence-corrected chi connectivity index (χ2v) is 7.61. The number of hydrogen-bond acceptors (Lipinski definition) is 3. The number of benzene rings is 1. The molecule has 0 spiro atoms. The van der Waals surface area contributed by atoms with Crippen LogP contribution < -0.4 is 10.6 Å². The molecule has 27 heavy (non-hydrogen) atoms. The first-order chi connectivity index (χ1) is 13.1. The molecule has 3 rings (SSSR count). The summed E-state index contributed by atoms with van der Waals surface area (Å²) in [6, 6.07) is 7.54. The molecular formula is C21H30N4O2. The third kappa shape index (κ3) is 4.67. The van der Waals surface area contributed by atoms with Gasteiger partial charge in [0.05, 0.1) is 11.1 Å². The Kier molecular flexibility index (Phi) is 6.48. The van der Waals surface area contributed by atoms with Crippen LogP contribution in [0, 0.1) is 5.92 Å². The normalized spacial score (nSPS) is 22.7. The molecule has 2 aliphatic rings. The zero-order valence-electron chi connectivity index (χ0n) is 16.3. The third-order valence-electron chi connectivity index (χ3n) is 5.56. The summed E-state index contributed by atoms with van der Waals surface area (Å²) < 4.78 is 0. The van der Waals surface area contributed by atoms with Crippen LogP contribution in [0.25, 0.3) is 0 Å². The molecule has 1 aliphatic heterocycles. The van der Waals surface area contributed by atoms with E-state index >= 15 is 0 Å². The van der Waals surface area contributed by atoms with E-state index in [0.717, 1.165) is 31.3 Å². The first kappa shape index (κ1) is 19.4. The van der Waals surface area contributed by atoms with Gasteiger partial charge in [-0.3, -0.25) is 19.5 Å². The standard InChI is InChI=1S/C21H30N4O2/c1-15-9-11-16(12-10-15)24-21(22-2)23-13-5-6-14-25-19(26)17-7-3-4-8-18(17)20(25)27/h3-4,7-8,15-16H,5-6,9-14H2,1-2H3,(H2,22,23,24). The van der Waals surface area contributed by atoms with E-state index in [1.165, 1.54) is 30.6 Å². The third-order valence-corrected chi connectivity index (χ3v) is 5.56. The molecule has 1 heterocycles. The number of guanidine groups is 1. The minimum atomic E-state index is -0.174. The van der Waals surface area contributed by atoms with Crippen LogP contribution in [-0.2, 0) is 0 Å². The van der Waals surface area contributed by atoms with Gasteiger partial charge < -0.3 is 10.6 Å². The highest BCUT2D eigenvalue weighted by Crippen LogP contribution is 2.23. The van der Waals surface area contributed by atoms with Gasteiger partial charge in [0.15, 0.2) is 5.96 Å². The fourth-order valence-electron chi connectivity index (χ4n) is 3.84. The van der Waals surface area contributed by atoms with Gasteiger partial charge >= 0.3 is 0 Å². The summed E-state index contributed by atoms with van der Waals surface area (Å²) in [6.07, 6.45) is 6.58. The molecule has 0 bridgehead atoms. The van der Waals surface area contributed by atoms with Crippen molar-refractivity contribution in [3.8, 4) is 0 Å². The van der Waals surface area contributed by atoms with Gasteiger partial charge in [-0.2, -0.15) is 0 Å². The lowest BCUT2D eigenvalue weighted by Crippen LogP contribution is -2.45. The smallest absolute Gasteiger partial charge is 0.261 e. The van der Waals surface area contributed by atoms with E-state index < -0.39 is 0 Å². The van der Waals surface area contributed by atoms with Gasteiger partial charge in [-0.25, -0.2) is 0 Å². The Morgan fingerprint density at radius 3 is 2.30 bits per heavy atom. The summed E-state index contributed by atoms with van der Waals surface area (Å²) >= 11 is 0. The van der Waals surface area contributed by atoms with Crippen LogP contribution in [0.2, 0.25) is 0 Å². The Labute approximate surface area is 161 Å². The second kappa shape index (κ2) is 9.02. The highest BCUT2D eigenvalue weighted by atomic mass is 16.2. The van der Waals surface area contributed by atoms with Crippen LogP contribution >= 0.6 is 0 Å². The van der Waals surface area contributed by atoms with Gasteiger partial charge in [-0.1, -0.05) is 19.1 Å². The predicted octanol–water partition coefficient (Wildman–Crippen LogP) is 2.81. The Bertz CT molecular complexity index is 673. The quantitative estimate of drug-likeness (QED) is 0.349. The lowest BCUT2D eigenvalue weighted by Gasteiger charge is -2.28. The van der Waals surface area contributed by atoms with E-state index in [1.807, 2.05) is 0 Å². The number of hydrogen-bond donors (Lipinski definition) is 2. The zero-order valence-corrected chi connectivity index (χ0v) is 16.3. The summed E-state index contributed by atoms with van der Waals surface area (Å²) in [5.41, 5.74) is 1.04. The molecule has 6 heteroatoms. The fourth-order valence-corrected chi connectivity index (χ4v) is 3.84. The maximum absolute atomic E-state index is 12.3. The molecule has 1 aliphatic carbocycles. The topological polar surface area (TPSA) is 73.8 Å². The molecule has 146 valence electrons. The summed E-state index contributed by atoms with van der Waals surface area (Å²) in [5.74, 6) is 1.33. The minimum absolute atomic E-state index is 0.174. The largest absolute Gasteiger partial charge is 0.356 e. The van der Waals surface area contributed by atoms with Crippen LogP contribution in [0.15, 0.2) is 29.3 Å². The van der Waals surface area contributed by atoms with Gasteiger partial charge in [0.2, 0.25) is 0 Å². The average molecular weight is 370 g/mol. The average Bonchev–Trinajstić information content (AvgIpc) is 2.93. The van der Waals surface area contributed by atoms with Crippen molar-refractivity contribution in [3.05, 3.63) is 35.4 Å². The molecule has 1 saturated carbocycles. The number of carbonyl (C=O) groups is 2. The van der Waals surface area contributed by atoms with Crippen molar-refractivity contribution >= 4 is 17.8 Å². The molecule has 0 radical (unpaired) electrons. The maximum Gasteiger partial charge on any atom is 0.261 e. The van der Waals surface area contributed by atoms with E-state index in [2.05, 4.69) is 22.5 Å². The van der Waals surface area contributed by atoms with Gasteiger partial charge in [-0.05, 0) is 56.6 Å². The Morgan fingerprint density at radius 2 is 1.70 bits per heavy atom. The van der Waals surface area contributed by atoms with Crippen molar-refractivity contribution in [2.45, 2.75) is 51.5 Å². The highest BCUT2D eigenvalue weighted by molar-refractivity contribution is 6.21. The zero-order chi connectivity index (χ0) is 19.2. The maximum atomic E-state index is 12.3. The van der Waals surface area contributed by atoms with Crippen LogP contribution in [0.3, 0.4) is 0 Å². The van der Waals surface area contributed by atoms with Crippen molar-refractivity contribution in [1.29, 1.82) is 0 Å². The number of aliphatic imine (C=N–C) groups is 1. The number of unbranched alkanes of at least 4 members (excludes halogenated alkanes) is 1.